The maximum Gasteiger partial charge on any atom is 0.205 e. The van der Waals surface area contributed by atoms with Crippen LogP contribution in [0.4, 0.5) is 5.13 Å². The Bertz CT molecular complexity index is 284. The maximum atomic E-state index is 4.01. The lowest BCUT2D eigenvalue weighted by molar-refractivity contribution is 0.358. The Hall–Kier alpha value is -0.290. The molecule has 0 aromatic carbocycles. The zero-order valence-electron chi connectivity index (χ0n) is 8.49. The van der Waals surface area contributed by atoms with Gasteiger partial charge in [-0.25, -0.2) is 0 Å². The predicted octanol–water partition coefficient (Wildman–Crippen LogP) is 2.48. The number of rotatable bonds is 2. The van der Waals surface area contributed by atoms with E-state index in [1.165, 1.54) is 17.9 Å². The van der Waals surface area contributed by atoms with Crippen molar-refractivity contribution >= 4 is 28.2 Å². The van der Waals surface area contributed by atoms with E-state index in [1.807, 2.05) is 11.8 Å². The largest absolute Gasteiger partial charge is 0.357 e. The molecule has 0 bridgehead atoms. The summed E-state index contributed by atoms with van der Waals surface area (Å²) < 4.78 is 0. The summed E-state index contributed by atoms with van der Waals surface area (Å²) >= 11 is 3.60. The fourth-order valence-electron chi connectivity index (χ4n) is 1.77. The fraction of sp³-hybridized carbons (Fsp3) is 0.778. The van der Waals surface area contributed by atoms with E-state index in [-0.39, 0.29) is 0 Å². The van der Waals surface area contributed by atoms with Crippen LogP contribution in [0.25, 0.3) is 0 Å². The molecule has 78 valence electrons. The third kappa shape index (κ3) is 2.60. The number of anilines is 1. The lowest BCUT2D eigenvalue weighted by Crippen LogP contribution is -2.35. The van der Waals surface area contributed by atoms with Gasteiger partial charge < -0.3 is 5.32 Å². The monoisotopic (exact) mass is 229 g/mol. The van der Waals surface area contributed by atoms with Gasteiger partial charge in [-0.1, -0.05) is 25.2 Å². The average molecular weight is 229 g/mol. The second-order valence-electron chi connectivity index (χ2n) is 4.47. The molecule has 1 atom stereocenters. The van der Waals surface area contributed by atoms with Gasteiger partial charge in [0.05, 0.1) is 0 Å². The number of nitrogens with one attached hydrogen (secondary N) is 1. The van der Waals surface area contributed by atoms with Crippen LogP contribution in [0.15, 0.2) is 5.51 Å². The third-order valence-corrected chi connectivity index (χ3v) is 4.54. The summed E-state index contributed by atoms with van der Waals surface area (Å²) in [5.74, 6) is 2.45. The first kappa shape index (κ1) is 10.2. The molecule has 0 saturated carbocycles. The van der Waals surface area contributed by atoms with Crippen molar-refractivity contribution in [3.05, 3.63) is 5.51 Å². The van der Waals surface area contributed by atoms with Gasteiger partial charge in [0.15, 0.2) is 0 Å². The van der Waals surface area contributed by atoms with Gasteiger partial charge >= 0.3 is 0 Å². The van der Waals surface area contributed by atoms with Crippen LogP contribution in [-0.4, -0.2) is 27.7 Å². The molecule has 2 heterocycles. The van der Waals surface area contributed by atoms with Gasteiger partial charge in [-0.2, -0.15) is 11.8 Å². The van der Waals surface area contributed by atoms with Crippen molar-refractivity contribution in [2.24, 2.45) is 5.41 Å². The minimum absolute atomic E-state index is 0.450. The molecule has 1 aromatic heterocycles. The van der Waals surface area contributed by atoms with Crippen LogP contribution in [0.5, 0.6) is 0 Å². The molecule has 0 amide bonds. The van der Waals surface area contributed by atoms with E-state index in [9.17, 15) is 0 Å². The lowest BCUT2D eigenvalue weighted by Gasteiger charge is -2.34. The smallest absolute Gasteiger partial charge is 0.205 e. The van der Waals surface area contributed by atoms with Crippen molar-refractivity contribution in [3.8, 4) is 0 Å². The zero-order chi connectivity index (χ0) is 10.0. The second kappa shape index (κ2) is 4.06. The molecule has 1 aliphatic rings. The van der Waals surface area contributed by atoms with Gasteiger partial charge in [0.25, 0.3) is 0 Å². The summed E-state index contributed by atoms with van der Waals surface area (Å²) in [5.41, 5.74) is 2.22. The average Bonchev–Trinajstić information content (AvgIpc) is 2.54. The van der Waals surface area contributed by atoms with Crippen LogP contribution >= 0.6 is 23.1 Å². The van der Waals surface area contributed by atoms with Crippen molar-refractivity contribution in [1.82, 2.24) is 10.2 Å². The summed E-state index contributed by atoms with van der Waals surface area (Å²) in [5, 5.41) is 12.2. The predicted molar refractivity (Wildman–Crippen MR) is 63.0 cm³/mol. The molecule has 1 unspecified atom stereocenters. The first-order valence-corrected chi connectivity index (χ1v) is 6.80. The second-order valence-corrected chi connectivity index (χ2v) is 6.33. The Kier molecular flexibility index (Phi) is 2.97. The Morgan fingerprint density at radius 3 is 3.07 bits per heavy atom. The molecule has 1 saturated heterocycles. The highest BCUT2D eigenvalue weighted by molar-refractivity contribution is 7.99. The minimum Gasteiger partial charge on any atom is -0.357 e. The molecule has 0 spiro atoms. The lowest BCUT2D eigenvalue weighted by atomic mass is 9.88. The molecular formula is C9H15N3S2. The summed E-state index contributed by atoms with van der Waals surface area (Å²) in [6, 6.07) is 0.552. The minimum atomic E-state index is 0.450. The van der Waals surface area contributed by atoms with Crippen molar-refractivity contribution in [2.45, 2.75) is 26.3 Å². The first-order valence-electron chi connectivity index (χ1n) is 4.76. The van der Waals surface area contributed by atoms with Crippen LogP contribution in [0.2, 0.25) is 0 Å². The quantitative estimate of drug-likeness (QED) is 0.845. The normalized spacial score (nSPS) is 26.0. The third-order valence-electron chi connectivity index (χ3n) is 2.30. The maximum absolute atomic E-state index is 4.01. The van der Waals surface area contributed by atoms with Gasteiger partial charge in [0.2, 0.25) is 5.13 Å². The van der Waals surface area contributed by atoms with Gasteiger partial charge in [0, 0.05) is 11.8 Å². The van der Waals surface area contributed by atoms with Crippen molar-refractivity contribution in [3.63, 3.8) is 0 Å². The zero-order valence-corrected chi connectivity index (χ0v) is 10.1. The van der Waals surface area contributed by atoms with Gasteiger partial charge in [-0.15, -0.1) is 10.2 Å². The van der Waals surface area contributed by atoms with Crippen molar-refractivity contribution in [1.29, 1.82) is 0 Å². The number of nitrogens with zero attached hydrogens (tertiary/aromatic N) is 2. The molecule has 14 heavy (non-hydrogen) atoms. The molecule has 0 radical (unpaired) electrons. The van der Waals surface area contributed by atoms with E-state index >= 15 is 0 Å². The van der Waals surface area contributed by atoms with Crippen LogP contribution < -0.4 is 5.32 Å². The topological polar surface area (TPSA) is 37.8 Å². The Balaban J connectivity index is 1.92. The SMILES string of the molecule is CC1(C)CSCC(Nc2nncs2)C1. The molecule has 1 fully saturated rings. The Labute approximate surface area is 92.7 Å². The van der Waals surface area contributed by atoms with Crippen molar-refractivity contribution < 1.29 is 0 Å². The highest BCUT2D eigenvalue weighted by atomic mass is 32.2. The molecule has 2 rings (SSSR count). The number of thioether (sulfide) groups is 1. The molecule has 3 nitrogen and oxygen atoms in total. The Morgan fingerprint density at radius 1 is 1.57 bits per heavy atom. The van der Waals surface area contributed by atoms with Crippen LogP contribution in [0, 0.1) is 5.41 Å². The van der Waals surface area contributed by atoms with Crippen LogP contribution in [0.3, 0.4) is 0 Å². The molecule has 1 aliphatic heterocycles. The van der Waals surface area contributed by atoms with Crippen molar-refractivity contribution in [2.75, 3.05) is 16.8 Å². The van der Waals surface area contributed by atoms with Gasteiger partial charge in [0.1, 0.15) is 5.51 Å². The molecule has 0 aliphatic carbocycles. The molecule has 5 heteroatoms. The highest BCUT2D eigenvalue weighted by Crippen LogP contribution is 2.34. The van der Waals surface area contributed by atoms with E-state index in [0.29, 0.717) is 11.5 Å². The highest BCUT2D eigenvalue weighted by Gasteiger charge is 2.28. The standard InChI is InChI=1S/C9H15N3S2/c1-9(2)3-7(4-13-5-9)11-8-12-10-6-14-8/h6-7H,3-5H2,1-2H3,(H,11,12). The summed E-state index contributed by atoms with van der Waals surface area (Å²) in [6.07, 6.45) is 1.22. The summed E-state index contributed by atoms with van der Waals surface area (Å²) in [7, 11) is 0. The Morgan fingerprint density at radius 2 is 2.43 bits per heavy atom. The van der Waals surface area contributed by atoms with Gasteiger partial charge in [-0.3, -0.25) is 0 Å². The summed E-state index contributed by atoms with van der Waals surface area (Å²) in [6.45, 7) is 4.65. The van der Waals surface area contributed by atoms with Crippen LogP contribution in [-0.2, 0) is 0 Å². The van der Waals surface area contributed by atoms with E-state index in [4.69, 9.17) is 0 Å². The molecular weight excluding hydrogens is 214 g/mol. The van der Waals surface area contributed by atoms with E-state index in [1.54, 1.807) is 16.8 Å². The van der Waals surface area contributed by atoms with Gasteiger partial charge in [-0.05, 0) is 17.6 Å². The fourth-order valence-corrected chi connectivity index (χ4v) is 3.56. The van der Waals surface area contributed by atoms with Crippen LogP contribution in [0.1, 0.15) is 20.3 Å². The molecule has 1 N–H and O–H groups in total. The van der Waals surface area contributed by atoms with E-state index in [0.717, 1.165) is 5.13 Å². The molecule has 1 aromatic rings. The first-order chi connectivity index (χ1) is 6.66. The summed E-state index contributed by atoms with van der Waals surface area (Å²) in [4.78, 5) is 0. The van der Waals surface area contributed by atoms with E-state index in [2.05, 4.69) is 29.4 Å². The number of aromatic nitrogens is 2. The van der Waals surface area contributed by atoms with E-state index < -0.39 is 0 Å². The number of hydrogen-bond donors (Lipinski definition) is 1. The number of hydrogen-bond acceptors (Lipinski definition) is 5.